The van der Waals surface area contributed by atoms with E-state index >= 15 is 0 Å². The minimum absolute atomic E-state index is 0.126. The first-order chi connectivity index (χ1) is 11.0. The van der Waals surface area contributed by atoms with E-state index < -0.39 is 0 Å². The fourth-order valence-corrected chi connectivity index (χ4v) is 2.98. The number of hydrogen-bond donors (Lipinski definition) is 1. The van der Waals surface area contributed by atoms with Crippen molar-refractivity contribution in [1.29, 1.82) is 0 Å². The van der Waals surface area contributed by atoms with Crippen molar-refractivity contribution in [1.82, 2.24) is 4.98 Å². The van der Waals surface area contributed by atoms with Crippen LogP contribution in [0.2, 0.25) is 10.0 Å². The number of rotatable bonds is 4. The number of oxazole rings is 1. The van der Waals surface area contributed by atoms with Crippen LogP contribution in [-0.4, -0.2) is 10.9 Å². The molecular weight excluding hydrogens is 355 g/mol. The molecule has 0 saturated heterocycles. The van der Waals surface area contributed by atoms with Crippen molar-refractivity contribution in [3.8, 4) is 10.8 Å². The molecule has 0 fully saturated rings. The van der Waals surface area contributed by atoms with Gasteiger partial charge in [-0.25, -0.2) is 4.98 Å². The number of carbonyl (C=O) groups is 1. The van der Waals surface area contributed by atoms with Crippen molar-refractivity contribution in [3.05, 3.63) is 57.2 Å². The number of anilines is 1. The maximum absolute atomic E-state index is 12.2. The molecule has 118 valence electrons. The highest BCUT2D eigenvalue weighted by Crippen LogP contribution is 2.27. The summed E-state index contributed by atoms with van der Waals surface area (Å²) < 4.78 is 5.63. The Labute approximate surface area is 147 Å². The Morgan fingerprint density at radius 1 is 1.30 bits per heavy atom. The molecule has 3 aromatic rings. The Hall–Kier alpha value is -1.82. The quantitative estimate of drug-likeness (QED) is 0.690. The monoisotopic (exact) mass is 366 g/mol. The third kappa shape index (κ3) is 3.75. The average Bonchev–Trinajstić information content (AvgIpc) is 3.13. The van der Waals surface area contributed by atoms with E-state index in [2.05, 4.69) is 10.3 Å². The molecule has 0 aliphatic heterocycles. The smallest absolute Gasteiger partial charge is 0.236 e. The second-order valence-corrected chi connectivity index (χ2v) is 6.62. The lowest BCUT2D eigenvalue weighted by atomic mass is 10.2. The molecule has 0 atom stereocenters. The number of nitrogens with zero attached hydrogens (tertiary/aromatic N) is 1. The minimum atomic E-state index is -0.197. The van der Waals surface area contributed by atoms with Gasteiger partial charge in [-0.05, 0) is 36.6 Å². The summed E-state index contributed by atoms with van der Waals surface area (Å²) in [5, 5.41) is 5.55. The Kier molecular flexibility index (Phi) is 4.71. The van der Waals surface area contributed by atoms with E-state index in [1.54, 1.807) is 25.1 Å². The lowest BCUT2D eigenvalue weighted by Crippen LogP contribution is -2.15. The van der Waals surface area contributed by atoms with Crippen LogP contribution in [0.4, 0.5) is 5.69 Å². The molecule has 0 aliphatic rings. The highest BCUT2D eigenvalue weighted by molar-refractivity contribution is 7.13. The molecule has 2 heterocycles. The number of nitrogens with one attached hydrogen (secondary N) is 1. The van der Waals surface area contributed by atoms with Crippen LogP contribution in [0.3, 0.4) is 0 Å². The fourth-order valence-electron chi connectivity index (χ4n) is 2.03. The molecule has 3 rings (SSSR count). The summed E-state index contributed by atoms with van der Waals surface area (Å²) in [5.41, 5.74) is 1.20. The Morgan fingerprint density at radius 3 is 2.83 bits per heavy atom. The number of aromatic nitrogens is 1. The molecule has 0 spiro atoms. The maximum atomic E-state index is 12.2. The SMILES string of the molecule is Cc1oc(-c2cccs2)nc1CC(=O)Nc1ccc(Cl)c(Cl)c1. The molecule has 7 heteroatoms. The predicted molar refractivity (Wildman–Crippen MR) is 93.3 cm³/mol. The molecule has 0 radical (unpaired) electrons. The summed E-state index contributed by atoms with van der Waals surface area (Å²) in [7, 11) is 0. The molecule has 2 aromatic heterocycles. The van der Waals surface area contributed by atoms with Crippen LogP contribution in [-0.2, 0) is 11.2 Å². The molecule has 1 N–H and O–H groups in total. The van der Waals surface area contributed by atoms with Crippen LogP contribution >= 0.6 is 34.5 Å². The molecule has 0 unspecified atom stereocenters. The summed E-state index contributed by atoms with van der Waals surface area (Å²) >= 11 is 13.3. The van der Waals surface area contributed by atoms with Crippen molar-refractivity contribution < 1.29 is 9.21 Å². The van der Waals surface area contributed by atoms with Crippen LogP contribution in [0.15, 0.2) is 40.1 Å². The lowest BCUT2D eigenvalue weighted by Gasteiger charge is -2.05. The number of carbonyl (C=O) groups excluding carboxylic acids is 1. The second-order valence-electron chi connectivity index (χ2n) is 4.85. The number of thiophene rings is 1. The van der Waals surface area contributed by atoms with E-state index in [1.165, 1.54) is 11.3 Å². The molecule has 4 nitrogen and oxygen atoms in total. The van der Waals surface area contributed by atoms with Crippen LogP contribution in [0.5, 0.6) is 0 Å². The summed E-state index contributed by atoms with van der Waals surface area (Å²) in [6.45, 7) is 1.80. The number of halogens is 2. The van der Waals surface area contributed by atoms with Crippen LogP contribution in [0, 0.1) is 6.92 Å². The van der Waals surface area contributed by atoms with Gasteiger partial charge in [-0.3, -0.25) is 4.79 Å². The largest absolute Gasteiger partial charge is 0.440 e. The highest BCUT2D eigenvalue weighted by atomic mass is 35.5. The molecule has 0 aliphatic carbocycles. The van der Waals surface area contributed by atoms with Gasteiger partial charge < -0.3 is 9.73 Å². The molecule has 0 saturated carbocycles. The van der Waals surface area contributed by atoms with Gasteiger partial charge in [-0.1, -0.05) is 29.3 Å². The van der Waals surface area contributed by atoms with E-state index in [0.29, 0.717) is 33.1 Å². The second kappa shape index (κ2) is 6.74. The van der Waals surface area contributed by atoms with Crippen molar-refractivity contribution in [2.24, 2.45) is 0 Å². The van der Waals surface area contributed by atoms with E-state index in [-0.39, 0.29) is 12.3 Å². The topological polar surface area (TPSA) is 55.1 Å². The van der Waals surface area contributed by atoms with Gasteiger partial charge >= 0.3 is 0 Å². The fraction of sp³-hybridized carbons (Fsp3) is 0.125. The zero-order chi connectivity index (χ0) is 16.4. The first-order valence-corrected chi connectivity index (χ1v) is 8.41. The Balaban J connectivity index is 1.71. The Bertz CT molecular complexity index is 844. The highest BCUT2D eigenvalue weighted by Gasteiger charge is 2.15. The van der Waals surface area contributed by atoms with Gasteiger partial charge in [0, 0.05) is 5.69 Å². The third-order valence-electron chi connectivity index (χ3n) is 3.16. The normalized spacial score (nSPS) is 10.7. The van der Waals surface area contributed by atoms with Crippen LogP contribution < -0.4 is 5.32 Å². The van der Waals surface area contributed by atoms with Crippen molar-refractivity contribution >= 4 is 46.1 Å². The van der Waals surface area contributed by atoms with Crippen LogP contribution in [0.1, 0.15) is 11.5 Å². The van der Waals surface area contributed by atoms with Gasteiger partial charge in [0.1, 0.15) is 5.76 Å². The van der Waals surface area contributed by atoms with Gasteiger partial charge in [0.05, 0.1) is 27.0 Å². The van der Waals surface area contributed by atoms with Gasteiger partial charge in [-0.2, -0.15) is 0 Å². The van der Waals surface area contributed by atoms with E-state index in [0.717, 1.165) is 4.88 Å². The number of aryl methyl sites for hydroxylation is 1. The molecule has 23 heavy (non-hydrogen) atoms. The van der Waals surface area contributed by atoms with Crippen molar-refractivity contribution in [3.63, 3.8) is 0 Å². The summed E-state index contributed by atoms with van der Waals surface area (Å²) in [4.78, 5) is 17.5. The lowest BCUT2D eigenvalue weighted by molar-refractivity contribution is -0.115. The molecule has 1 aromatic carbocycles. The van der Waals surface area contributed by atoms with Gasteiger partial charge in [0.15, 0.2) is 0 Å². The van der Waals surface area contributed by atoms with E-state index in [1.807, 2.05) is 17.5 Å². The third-order valence-corrected chi connectivity index (χ3v) is 4.75. The van der Waals surface area contributed by atoms with Crippen molar-refractivity contribution in [2.45, 2.75) is 13.3 Å². The molecule has 1 amide bonds. The number of amides is 1. The summed E-state index contributed by atoms with van der Waals surface area (Å²) in [6, 6.07) is 8.79. The number of hydrogen-bond acceptors (Lipinski definition) is 4. The average molecular weight is 367 g/mol. The minimum Gasteiger partial charge on any atom is -0.440 e. The summed E-state index contributed by atoms with van der Waals surface area (Å²) in [6.07, 6.45) is 0.126. The summed E-state index contributed by atoms with van der Waals surface area (Å²) in [5.74, 6) is 0.977. The number of benzene rings is 1. The van der Waals surface area contributed by atoms with Gasteiger partial charge in [0.2, 0.25) is 11.8 Å². The van der Waals surface area contributed by atoms with E-state index in [9.17, 15) is 4.79 Å². The van der Waals surface area contributed by atoms with Crippen LogP contribution in [0.25, 0.3) is 10.8 Å². The van der Waals surface area contributed by atoms with Gasteiger partial charge in [-0.15, -0.1) is 11.3 Å². The molecular formula is C16H12Cl2N2O2S. The predicted octanol–water partition coefficient (Wildman–Crippen LogP) is 5.20. The first-order valence-electron chi connectivity index (χ1n) is 6.78. The molecule has 0 bridgehead atoms. The first kappa shape index (κ1) is 16.1. The zero-order valence-corrected chi connectivity index (χ0v) is 14.4. The standard InChI is InChI=1S/C16H12Cl2N2O2S/c1-9-13(20-16(22-9)14-3-2-6-23-14)8-15(21)19-10-4-5-11(17)12(18)7-10/h2-7H,8H2,1H3,(H,19,21). The maximum Gasteiger partial charge on any atom is 0.236 e. The van der Waals surface area contributed by atoms with Gasteiger partial charge in [0.25, 0.3) is 0 Å². The zero-order valence-electron chi connectivity index (χ0n) is 12.1. The van der Waals surface area contributed by atoms with Crippen molar-refractivity contribution in [2.75, 3.05) is 5.32 Å². The van der Waals surface area contributed by atoms with E-state index in [4.69, 9.17) is 27.6 Å². The Morgan fingerprint density at radius 2 is 2.13 bits per heavy atom.